The van der Waals surface area contributed by atoms with Crippen molar-refractivity contribution in [1.82, 2.24) is 4.65 Å². The molecule has 0 aliphatic carbocycles. The average Bonchev–Trinajstić information content (AvgIpc) is 2.74. The largest absolute Gasteiger partial charge is 0.614 e. The van der Waals surface area contributed by atoms with Gasteiger partial charge in [-0.25, -0.2) is 0 Å². The van der Waals surface area contributed by atoms with Gasteiger partial charge in [-0.2, -0.15) is 4.65 Å². The molecule has 1 atom stereocenters. The van der Waals surface area contributed by atoms with Gasteiger partial charge in [0.1, 0.15) is 6.20 Å². The molecule has 0 saturated carbocycles. The van der Waals surface area contributed by atoms with Gasteiger partial charge in [0, 0.05) is 27.6 Å². The van der Waals surface area contributed by atoms with Crippen LogP contribution in [0.5, 0.6) is 0 Å². The van der Waals surface area contributed by atoms with Crippen molar-refractivity contribution >= 4 is 46.8 Å². The van der Waals surface area contributed by atoms with Crippen molar-refractivity contribution in [3.05, 3.63) is 72.4 Å². The normalized spacial score (nSPS) is 21.0. The molecule has 1 unspecified atom stereocenters. The van der Waals surface area contributed by atoms with Gasteiger partial charge >= 0.3 is 11.5 Å². The fraction of sp³-hybridized carbons (Fsp3) is 0. The Bertz CT molecular complexity index is 1050. The molecule has 23 heavy (non-hydrogen) atoms. The molecule has 8 heteroatoms. The van der Waals surface area contributed by atoms with E-state index in [4.69, 9.17) is 11.6 Å². The third-order valence-corrected chi connectivity index (χ3v) is 4.18. The number of nitro benzene ring substituents is 1. The van der Waals surface area contributed by atoms with E-state index < -0.39 is 9.57 Å². The van der Waals surface area contributed by atoms with Crippen molar-refractivity contribution in [3.8, 4) is 0 Å². The van der Waals surface area contributed by atoms with E-state index in [0.717, 1.165) is 0 Å². The molecule has 2 aromatic carbocycles. The number of hydroxylamine groups is 2. The summed E-state index contributed by atoms with van der Waals surface area (Å²) >= 11 is 5.94. The Hall–Kier alpha value is -2.74. The van der Waals surface area contributed by atoms with E-state index in [1.54, 1.807) is 18.2 Å². The molecule has 114 valence electrons. The van der Waals surface area contributed by atoms with Crippen LogP contribution in [0, 0.1) is 20.5 Å². The van der Waals surface area contributed by atoms with E-state index in [1.807, 2.05) is 0 Å². The lowest BCUT2D eigenvalue weighted by atomic mass is 10.1. The van der Waals surface area contributed by atoms with Crippen LogP contribution < -0.4 is 15.1 Å². The number of rotatable bonds is 1. The highest BCUT2D eigenvalue weighted by molar-refractivity contribution is 6.30. The second-order valence-corrected chi connectivity index (χ2v) is 5.70. The predicted octanol–water partition coefficient (Wildman–Crippen LogP) is 1.84. The smallest absolute Gasteiger partial charge is 0.391 e. The van der Waals surface area contributed by atoms with Gasteiger partial charge in [0.05, 0.1) is 11.0 Å². The molecule has 0 aromatic heterocycles. The van der Waals surface area contributed by atoms with Crippen LogP contribution in [0.4, 0.5) is 17.1 Å². The summed E-state index contributed by atoms with van der Waals surface area (Å²) < 4.78 is -0.847. The number of amidine groups is 1. The van der Waals surface area contributed by atoms with Gasteiger partial charge in [0.25, 0.3) is 11.4 Å². The van der Waals surface area contributed by atoms with Crippen LogP contribution in [0.3, 0.4) is 0 Å². The van der Waals surface area contributed by atoms with Crippen molar-refractivity contribution in [2.75, 3.05) is 0 Å². The maximum atomic E-state index is 13.3. The lowest BCUT2D eigenvalue weighted by Gasteiger charge is -2.30. The van der Waals surface area contributed by atoms with Gasteiger partial charge in [-0.15, -0.1) is 4.74 Å². The average molecular weight is 330 g/mol. The first-order chi connectivity index (χ1) is 10.9. The van der Waals surface area contributed by atoms with E-state index >= 15 is 0 Å². The molecule has 0 spiro atoms. The molecule has 2 heterocycles. The molecule has 0 N–H and O–H groups in total. The highest BCUT2D eigenvalue weighted by Crippen LogP contribution is 2.46. The van der Waals surface area contributed by atoms with Crippen LogP contribution in [-0.4, -0.2) is 15.5 Å². The van der Waals surface area contributed by atoms with E-state index in [0.29, 0.717) is 20.2 Å². The van der Waals surface area contributed by atoms with E-state index in [2.05, 4.69) is 0 Å². The maximum absolute atomic E-state index is 13.3. The molecule has 0 fully saturated rings. The lowest BCUT2D eigenvalue weighted by Crippen LogP contribution is -2.49. The molecular weight excluding hydrogens is 322 g/mol. The van der Waals surface area contributed by atoms with Gasteiger partial charge in [0.15, 0.2) is 0 Å². The van der Waals surface area contributed by atoms with E-state index in [9.17, 15) is 20.5 Å². The second kappa shape index (κ2) is 4.39. The zero-order chi connectivity index (χ0) is 16.4. The van der Waals surface area contributed by atoms with Gasteiger partial charge in [-0.05, 0) is 24.3 Å². The molecule has 0 bridgehead atoms. The van der Waals surface area contributed by atoms with E-state index in [1.165, 1.54) is 30.5 Å². The SMILES string of the molecule is O=[N+]([O-])c1cccc2c1[N+]1([O-])C=c3ccc(Cl)cc3=CC1=[N+]2[O-]. The third kappa shape index (κ3) is 1.75. The Labute approximate surface area is 134 Å². The van der Waals surface area contributed by atoms with Crippen LogP contribution in [0.25, 0.3) is 12.3 Å². The molecule has 7 nitrogen and oxygen atoms in total. The molecule has 0 radical (unpaired) electrons. The summed E-state index contributed by atoms with van der Waals surface area (Å²) in [5.74, 6) is -0.149. The van der Waals surface area contributed by atoms with Crippen molar-refractivity contribution in [2.45, 2.75) is 0 Å². The highest BCUT2D eigenvalue weighted by Gasteiger charge is 2.50. The second-order valence-electron chi connectivity index (χ2n) is 5.26. The first-order valence-electron chi connectivity index (χ1n) is 6.64. The molecular formula is C15H8ClN3O4. The Morgan fingerprint density at radius 1 is 1.17 bits per heavy atom. The summed E-state index contributed by atoms with van der Waals surface area (Å²) in [6, 6.07) is 8.90. The number of fused-ring (bicyclic) bond motifs is 4. The standard InChI is InChI=1S/C15H8ClN3O4/c16-11-5-4-9-8-19(23)14(7-10(9)6-11)17(20)12-2-1-3-13(15(12)19)18(21)22/h1-8H. The number of quaternary nitrogens is 1. The van der Waals surface area contributed by atoms with E-state index in [-0.39, 0.29) is 22.9 Å². The van der Waals surface area contributed by atoms with Crippen molar-refractivity contribution in [2.24, 2.45) is 0 Å². The highest BCUT2D eigenvalue weighted by atomic mass is 35.5. The number of benzene rings is 2. The quantitative estimate of drug-likeness (QED) is 0.262. The number of hydrogen-bond donors (Lipinski definition) is 0. The summed E-state index contributed by atoms with van der Waals surface area (Å²) in [5.41, 5.74) is -0.578. The minimum atomic E-state index is -1.29. The predicted molar refractivity (Wildman–Crippen MR) is 86.2 cm³/mol. The van der Waals surface area contributed by atoms with Crippen LogP contribution in [0.1, 0.15) is 0 Å². The summed E-state index contributed by atoms with van der Waals surface area (Å²) in [4.78, 5) is 10.6. The number of nitro groups is 1. The number of halogens is 1. The number of nitrogens with zero attached hydrogens (tertiary/aromatic N) is 3. The topological polar surface area (TPSA) is 92.3 Å². The summed E-state index contributed by atoms with van der Waals surface area (Å²) in [6.07, 6.45) is 2.70. The lowest BCUT2D eigenvalue weighted by molar-refractivity contribution is -0.385. The Morgan fingerprint density at radius 2 is 1.96 bits per heavy atom. The van der Waals surface area contributed by atoms with Crippen molar-refractivity contribution in [3.63, 3.8) is 0 Å². The first kappa shape index (κ1) is 13.9. The first-order valence-corrected chi connectivity index (χ1v) is 7.02. The molecule has 2 aliphatic rings. The van der Waals surface area contributed by atoms with Gasteiger partial charge in [0.2, 0.25) is 0 Å². The zero-order valence-corrected chi connectivity index (χ0v) is 12.2. The fourth-order valence-corrected chi connectivity index (χ4v) is 3.13. The molecule has 0 amide bonds. The molecule has 4 rings (SSSR count). The van der Waals surface area contributed by atoms with Gasteiger partial charge in [-0.3, -0.25) is 10.1 Å². The molecule has 2 aliphatic heterocycles. The van der Waals surface area contributed by atoms with Gasteiger partial charge in [-0.1, -0.05) is 11.6 Å². The molecule has 0 saturated heterocycles. The Balaban J connectivity index is 2.13. The van der Waals surface area contributed by atoms with Crippen molar-refractivity contribution < 1.29 is 9.66 Å². The van der Waals surface area contributed by atoms with Crippen LogP contribution in [0.15, 0.2) is 36.4 Å². The number of hydrogen-bond acceptors (Lipinski definition) is 4. The Kier molecular flexibility index (Phi) is 2.65. The molecule has 2 aromatic rings. The fourth-order valence-electron chi connectivity index (χ4n) is 2.95. The monoisotopic (exact) mass is 329 g/mol. The minimum Gasteiger partial charge on any atom is -0.614 e. The van der Waals surface area contributed by atoms with Crippen LogP contribution in [-0.2, 0) is 0 Å². The summed E-state index contributed by atoms with van der Waals surface area (Å²) in [5, 5.41) is 38.7. The van der Waals surface area contributed by atoms with Crippen molar-refractivity contribution in [1.29, 1.82) is 0 Å². The van der Waals surface area contributed by atoms with Gasteiger partial charge < -0.3 is 10.4 Å². The Morgan fingerprint density at radius 3 is 2.70 bits per heavy atom. The number of para-hydroxylation sites is 1. The summed E-state index contributed by atoms with van der Waals surface area (Å²) in [7, 11) is 0. The van der Waals surface area contributed by atoms with Crippen LogP contribution in [0.2, 0.25) is 5.02 Å². The van der Waals surface area contributed by atoms with Crippen LogP contribution >= 0.6 is 11.6 Å². The zero-order valence-electron chi connectivity index (χ0n) is 11.5. The third-order valence-electron chi connectivity index (χ3n) is 3.94. The summed E-state index contributed by atoms with van der Waals surface area (Å²) in [6.45, 7) is 0. The minimum absolute atomic E-state index is 0.0180. The maximum Gasteiger partial charge on any atom is 0.391 e.